The van der Waals surface area contributed by atoms with E-state index in [2.05, 4.69) is 38.8 Å². The van der Waals surface area contributed by atoms with Gasteiger partial charge in [-0.1, -0.05) is 18.2 Å². The quantitative estimate of drug-likeness (QED) is 0.513. The first kappa shape index (κ1) is 10.3. The number of pyridine rings is 2. The lowest BCUT2D eigenvalue weighted by atomic mass is 10.3. The molecule has 0 aliphatic carbocycles. The Balaban J connectivity index is 2.24. The minimum Gasteiger partial charge on any atom is -0.306 e. The fourth-order valence-corrected chi connectivity index (χ4v) is 2.50. The van der Waals surface area contributed by atoms with Crippen LogP contribution in [0.3, 0.4) is 0 Å². The van der Waals surface area contributed by atoms with E-state index in [1.54, 1.807) is 0 Å². The summed E-state index contributed by atoms with van der Waals surface area (Å²) in [6.45, 7) is 0. The average Bonchev–Trinajstić information content (AvgIpc) is 2.83. The molecule has 19 heavy (non-hydrogen) atoms. The van der Waals surface area contributed by atoms with Gasteiger partial charge in [-0.2, -0.15) is 0 Å². The van der Waals surface area contributed by atoms with E-state index in [0.29, 0.717) is 0 Å². The molecule has 0 atom stereocenters. The van der Waals surface area contributed by atoms with Gasteiger partial charge < -0.3 is 4.57 Å². The molecule has 3 heterocycles. The summed E-state index contributed by atoms with van der Waals surface area (Å²) in [5.41, 5.74) is 5.19. The summed E-state index contributed by atoms with van der Waals surface area (Å²) in [7, 11) is 0. The first-order valence-electron chi connectivity index (χ1n) is 6.21. The van der Waals surface area contributed by atoms with Gasteiger partial charge in [0.2, 0.25) is 0 Å². The molecule has 0 fully saturated rings. The van der Waals surface area contributed by atoms with Gasteiger partial charge in [0, 0.05) is 18.1 Å². The Morgan fingerprint density at radius 2 is 1.21 bits per heavy atom. The molecule has 3 heteroatoms. The Morgan fingerprint density at radius 3 is 1.79 bits per heavy atom. The molecule has 1 aromatic carbocycles. The van der Waals surface area contributed by atoms with E-state index < -0.39 is 0 Å². The van der Waals surface area contributed by atoms with Gasteiger partial charge in [0.1, 0.15) is 11.0 Å². The van der Waals surface area contributed by atoms with Crippen molar-refractivity contribution in [3.63, 3.8) is 0 Å². The minimum atomic E-state index is 0.946. The van der Waals surface area contributed by atoms with Crippen molar-refractivity contribution < 1.29 is 0 Å². The molecule has 4 aromatic rings. The SMILES string of the molecule is c1ccc(-n2c3cccnc3c3ncccc32)cc1. The van der Waals surface area contributed by atoms with Gasteiger partial charge in [-0.15, -0.1) is 0 Å². The summed E-state index contributed by atoms with van der Waals surface area (Å²) in [4.78, 5) is 8.94. The lowest BCUT2D eigenvalue weighted by Gasteiger charge is -2.06. The number of rotatable bonds is 1. The van der Waals surface area contributed by atoms with E-state index in [0.717, 1.165) is 27.8 Å². The van der Waals surface area contributed by atoms with Crippen molar-refractivity contribution in [3.8, 4) is 5.69 Å². The van der Waals surface area contributed by atoms with Crippen LogP contribution in [0.15, 0.2) is 67.0 Å². The highest BCUT2D eigenvalue weighted by Gasteiger charge is 2.12. The Bertz CT molecular complexity index is 810. The largest absolute Gasteiger partial charge is 0.306 e. The molecule has 0 saturated heterocycles. The van der Waals surface area contributed by atoms with Crippen LogP contribution in [-0.2, 0) is 0 Å². The molecule has 0 amide bonds. The number of benzene rings is 1. The van der Waals surface area contributed by atoms with Gasteiger partial charge in [-0.05, 0) is 36.4 Å². The Kier molecular flexibility index (Phi) is 2.12. The Labute approximate surface area is 110 Å². The van der Waals surface area contributed by atoms with Gasteiger partial charge in [0.05, 0.1) is 11.0 Å². The summed E-state index contributed by atoms with van der Waals surface area (Å²) in [6, 6.07) is 18.4. The highest BCUT2D eigenvalue weighted by Crippen LogP contribution is 2.28. The molecule has 0 aliphatic heterocycles. The van der Waals surface area contributed by atoms with Crippen molar-refractivity contribution in [3.05, 3.63) is 67.0 Å². The third kappa shape index (κ3) is 1.45. The van der Waals surface area contributed by atoms with Gasteiger partial charge in [-0.3, -0.25) is 9.97 Å². The van der Waals surface area contributed by atoms with E-state index in [9.17, 15) is 0 Å². The molecular weight excluding hydrogens is 234 g/mol. The standard InChI is InChI=1S/C16H11N3/c1-2-6-12(7-3-1)19-13-8-4-10-17-15(13)16-14(19)9-5-11-18-16/h1-11H. The number of fused-ring (bicyclic) bond motifs is 3. The number of hydrogen-bond acceptors (Lipinski definition) is 2. The normalized spacial score (nSPS) is 11.2. The fraction of sp³-hybridized carbons (Fsp3) is 0. The van der Waals surface area contributed by atoms with Crippen molar-refractivity contribution >= 4 is 22.1 Å². The molecular formula is C16H11N3. The Hall–Kier alpha value is -2.68. The average molecular weight is 245 g/mol. The number of aromatic nitrogens is 3. The van der Waals surface area contributed by atoms with Crippen LogP contribution in [-0.4, -0.2) is 14.5 Å². The van der Waals surface area contributed by atoms with E-state index in [-0.39, 0.29) is 0 Å². The number of hydrogen-bond donors (Lipinski definition) is 0. The summed E-state index contributed by atoms with van der Waals surface area (Å²) < 4.78 is 2.20. The lowest BCUT2D eigenvalue weighted by Crippen LogP contribution is -1.92. The van der Waals surface area contributed by atoms with Crippen LogP contribution >= 0.6 is 0 Å². The van der Waals surface area contributed by atoms with Crippen LogP contribution in [0, 0.1) is 0 Å². The van der Waals surface area contributed by atoms with Crippen LogP contribution in [0.4, 0.5) is 0 Å². The van der Waals surface area contributed by atoms with Crippen LogP contribution in [0.1, 0.15) is 0 Å². The summed E-state index contributed by atoms with van der Waals surface area (Å²) in [5, 5.41) is 0. The highest BCUT2D eigenvalue weighted by molar-refractivity contribution is 6.04. The Morgan fingerprint density at radius 1 is 0.632 bits per heavy atom. The van der Waals surface area contributed by atoms with Gasteiger partial charge in [-0.25, -0.2) is 0 Å². The second-order valence-electron chi connectivity index (χ2n) is 4.41. The monoisotopic (exact) mass is 245 g/mol. The molecule has 0 spiro atoms. The molecule has 0 radical (unpaired) electrons. The van der Waals surface area contributed by atoms with Gasteiger partial charge in [0.15, 0.2) is 0 Å². The van der Waals surface area contributed by atoms with Crippen molar-refractivity contribution in [2.45, 2.75) is 0 Å². The summed E-state index contributed by atoms with van der Waals surface area (Å²) in [6.07, 6.45) is 3.62. The van der Waals surface area contributed by atoms with E-state index in [1.807, 2.05) is 42.7 Å². The smallest absolute Gasteiger partial charge is 0.115 e. The maximum absolute atomic E-state index is 4.47. The summed E-state index contributed by atoms with van der Waals surface area (Å²) in [5.74, 6) is 0. The van der Waals surface area contributed by atoms with Crippen molar-refractivity contribution in [1.82, 2.24) is 14.5 Å². The van der Waals surface area contributed by atoms with E-state index in [1.165, 1.54) is 0 Å². The molecule has 4 rings (SSSR count). The molecule has 90 valence electrons. The molecule has 0 saturated carbocycles. The topological polar surface area (TPSA) is 30.7 Å². The molecule has 0 bridgehead atoms. The van der Waals surface area contributed by atoms with Gasteiger partial charge >= 0.3 is 0 Å². The van der Waals surface area contributed by atoms with Crippen molar-refractivity contribution in [2.75, 3.05) is 0 Å². The van der Waals surface area contributed by atoms with Crippen LogP contribution in [0.25, 0.3) is 27.8 Å². The third-order valence-electron chi connectivity index (χ3n) is 3.29. The first-order valence-corrected chi connectivity index (χ1v) is 6.21. The van der Waals surface area contributed by atoms with Crippen molar-refractivity contribution in [1.29, 1.82) is 0 Å². The van der Waals surface area contributed by atoms with Crippen LogP contribution in [0.2, 0.25) is 0 Å². The maximum atomic E-state index is 4.47. The fourth-order valence-electron chi connectivity index (χ4n) is 2.50. The predicted molar refractivity (Wildman–Crippen MR) is 76.4 cm³/mol. The second kappa shape index (κ2) is 3.92. The van der Waals surface area contributed by atoms with Crippen LogP contribution in [0.5, 0.6) is 0 Å². The van der Waals surface area contributed by atoms with Crippen molar-refractivity contribution in [2.24, 2.45) is 0 Å². The first-order chi connectivity index (χ1) is 9.45. The lowest BCUT2D eigenvalue weighted by molar-refractivity contribution is 1.17. The number of nitrogens with zero attached hydrogens (tertiary/aromatic N) is 3. The molecule has 0 N–H and O–H groups in total. The van der Waals surface area contributed by atoms with Gasteiger partial charge in [0.25, 0.3) is 0 Å². The maximum Gasteiger partial charge on any atom is 0.115 e. The molecule has 0 unspecified atom stereocenters. The third-order valence-corrected chi connectivity index (χ3v) is 3.29. The number of para-hydroxylation sites is 1. The summed E-state index contributed by atoms with van der Waals surface area (Å²) >= 11 is 0. The second-order valence-corrected chi connectivity index (χ2v) is 4.41. The van der Waals surface area contributed by atoms with Crippen LogP contribution < -0.4 is 0 Å². The predicted octanol–water partition coefficient (Wildman–Crippen LogP) is 3.57. The molecule has 3 aromatic heterocycles. The molecule has 0 aliphatic rings. The zero-order valence-electron chi connectivity index (χ0n) is 10.2. The van der Waals surface area contributed by atoms with E-state index >= 15 is 0 Å². The van der Waals surface area contributed by atoms with E-state index in [4.69, 9.17) is 0 Å². The molecule has 3 nitrogen and oxygen atoms in total. The zero-order chi connectivity index (χ0) is 12.7. The highest BCUT2D eigenvalue weighted by atomic mass is 15.0. The minimum absolute atomic E-state index is 0.946. The zero-order valence-corrected chi connectivity index (χ0v) is 10.2.